The average molecular weight is 230 g/mol. The Bertz CT molecular complexity index is 327. The summed E-state index contributed by atoms with van der Waals surface area (Å²) >= 11 is 0. The summed E-state index contributed by atoms with van der Waals surface area (Å²) in [6.07, 6.45) is 0. The van der Waals surface area contributed by atoms with E-state index in [4.69, 9.17) is 10.5 Å². The third-order valence-electron chi connectivity index (χ3n) is 1.55. The Morgan fingerprint density at radius 2 is 1.67 bits per heavy atom. The Hall–Kier alpha value is -1.22. The highest BCUT2D eigenvalue weighted by atomic mass is 35.5. The lowest BCUT2D eigenvalue weighted by molar-refractivity contribution is 0.00696. The van der Waals surface area contributed by atoms with E-state index >= 15 is 0 Å². The quantitative estimate of drug-likeness (QED) is 0.595. The van der Waals surface area contributed by atoms with Gasteiger partial charge in [-0.05, 0) is 45.0 Å². The highest BCUT2D eigenvalue weighted by molar-refractivity contribution is 5.90. The number of halogens is 1. The molecule has 0 atom stereocenters. The fourth-order valence-electron chi connectivity index (χ4n) is 0.956. The minimum Gasteiger partial charge on any atom is -0.456 e. The van der Waals surface area contributed by atoms with Crippen molar-refractivity contribution < 1.29 is 9.53 Å². The third-order valence-corrected chi connectivity index (χ3v) is 1.55. The van der Waals surface area contributed by atoms with Gasteiger partial charge in [-0.1, -0.05) is 0 Å². The maximum absolute atomic E-state index is 11.5. The van der Waals surface area contributed by atoms with Crippen LogP contribution in [0.2, 0.25) is 0 Å². The number of nitrogens with two attached hydrogens (primary N) is 1. The molecule has 0 aliphatic rings. The molecule has 0 saturated heterocycles. The summed E-state index contributed by atoms with van der Waals surface area (Å²) in [7, 11) is 0. The Labute approximate surface area is 96.0 Å². The number of hydrogen-bond acceptors (Lipinski definition) is 3. The highest BCUT2D eigenvalue weighted by Gasteiger charge is 2.17. The smallest absolute Gasteiger partial charge is 0.338 e. The fourth-order valence-corrected chi connectivity index (χ4v) is 0.956. The number of anilines is 1. The number of esters is 1. The molecule has 0 amide bonds. The lowest BCUT2D eigenvalue weighted by atomic mass is 10.1. The van der Waals surface area contributed by atoms with Gasteiger partial charge in [0, 0.05) is 5.69 Å². The largest absolute Gasteiger partial charge is 0.456 e. The number of carbonyl (C=O) groups is 1. The minimum atomic E-state index is -0.460. The number of carbonyl (C=O) groups excluding carboxylic acids is 1. The molecular formula is C11H16ClNO2. The van der Waals surface area contributed by atoms with Crippen molar-refractivity contribution in [1.29, 1.82) is 0 Å². The van der Waals surface area contributed by atoms with Gasteiger partial charge < -0.3 is 10.5 Å². The second kappa shape index (κ2) is 5.03. The normalized spacial score (nSPS) is 10.3. The summed E-state index contributed by atoms with van der Waals surface area (Å²) in [5.74, 6) is -0.322. The zero-order chi connectivity index (χ0) is 10.8. The summed E-state index contributed by atoms with van der Waals surface area (Å²) in [4.78, 5) is 11.5. The van der Waals surface area contributed by atoms with Gasteiger partial charge in [-0.3, -0.25) is 0 Å². The molecule has 0 unspecified atom stereocenters. The summed E-state index contributed by atoms with van der Waals surface area (Å²) in [6.45, 7) is 5.51. The van der Waals surface area contributed by atoms with E-state index in [1.54, 1.807) is 24.3 Å². The fraction of sp³-hybridized carbons (Fsp3) is 0.364. The van der Waals surface area contributed by atoms with Gasteiger partial charge in [-0.2, -0.15) is 0 Å². The van der Waals surface area contributed by atoms with E-state index in [-0.39, 0.29) is 18.4 Å². The monoisotopic (exact) mass is 229 g/mol. The molecule has 4 heteroatoms. The molecule has 0 saturated carbocycles. The molecule has 3 nitrogen and oxygen atoms in total. The molecule has 0 fully saturated rings. The van der Waals surface area contributed by atoms with E-state index in [1.807, 2.05) is 20.8 Å². The van der Waals surface area contributed by atoms with Gasteiger partial charge in [-0.25, -0.2) is 4.79 Å². The Kier molecular flexibility index (Phi) is 4.62. The first-order chi connectivity index (χ1) is 6.38. The Morgan fingerprint density at radius 1 is 1.20 bits per heavy atom. The Balaban J connectivity index is 0.00000196. The number of hydrogen-bond donors (Lipinski definition) is 1. The van der Waals surface area contributed by atoms with E-state index in [2.05, 4.69) is 0 Å². The summed E-state index contributed by atoms with van der Waals surface area (Å²) in [6, 6.07) is 6.67. The van der Waals surface area contributed by atoms with Crippen LogP contribution in [0.15, 0.2) is 24.3 Å². The van der Waals surface area contributed by atoms with E-state index in [1.165, 1.54) is 0 Å². The number of benzene rings is 1. The lowest BCUT2D eigenvalue weighted by Gasteiger charge is -2.19. The molecular weight excluding hydrogens is 214 g/mol. The van der Waals surface area contributed by atoms with Crippen LogP contribution in [-0.4, -0.2) is 11.6 Å². The minimum absolute atomic E-state index is 0. The van der Waals surface area contributed by atoms with Crippen molar-refractivity contribution in [1.82, 2.24) is 0 Å². The predicted molar refractivity (Wildman–Crippen MR) is 63.3 cm³/mol. The van der Waals surface area contributed by atoms with Crippen LogP contribution in [0, 0.1) is 0 Å². The van der Waals surface area contributed by atoms with Crippen LogP contribution < -0.4 is 5.73 Å². The molecule has 1 rings (SSSR count). The van der Waals surface area contributed by atoms with Crippen LogP contribution in [0.25, 0.3) is 0 Å². The van der Waals surface area contributed by atoms with Gasteiger partial charge in [0.05, 0.1) is 5.56 Å². The van der Waals surface area contributed by atoms with Gasteiger partial charge in [0.25, 0.3) is 0 Å². The van der Waals surface area contributed by atoms with Crippen LogP contribution in [0.4, 0.5) is 5.69 Å². The lowest BCUT2D eigenvalue weighted by Crippen LogP contribution is -2.23. The molecule has 1 aromatic carbocycles. The number of nitrogen functional groups attached to an aromatic ring is 1. The SMILES string of the molecule is CC(C)(C)OC(=O)c1ccc(N)cc1.Cl. The van der Waals surface area contributed by atoms with Crippen LogP contribution in [0.3, 0.4) is 0 Å². The van der Waals surface area contributed by atoms with Crippen LogP contribution >= 0.6 is 12.4 Å². The molecule has 0 aromatic heterocycles. The third kappa shape index (κ3) is 4.70. The molecule has 0 spiro atoms. The van der Waals surface area contributed by atoms with Gasteiger partial charge in [-0.15, -0.1) is 12.4 Å². The van der Waals surface area contributed by atoms with E-state index < -0.39 is 5.60 Å². The molecule has 0 aliphatic carbocycles. The van der Waals surface area contributed by atoms with Crippen molar-refractivity contribution in [2.45, 2.75) is 26.4 Å². The van der Waals surface area contributed by atoms with Crippen LogP contribution in [-0.2, 0) is 4.74 Å². The maximum Gasteiger partial charge on any atom is 0.338 e. The van der Waals surface area contributed by atoms with Gasteiger partial charge in [0.15, 0.2) is 0 Å². The first kappa shape index (κ1) is 13.8. The average Bonchev–Trinajstić information content (AvgIpc) is 2.02. The van der Waals surface area contributed by atoms with Gasteiger partial charge >= 0.3 is 5.97 Å². The number of rotatable bonds is 1. The van der Waals surface area contributed by atoms with Gasteiger partial charge in [0.2, 0.25) is 0 Å². The van der Waals surface area contributed by atoms with Gasteiger partial charge in [0.1, 0.15) is 5.60 Å². The van der Waals surface area contributed by atoms with Crippen molar-refractivity contribution >= 4 is 24.1 Å². The predicted octanol–water partition coefficient (Wildman–Crippen LogP) is 2.65. The molecule has 0 aliphatic heterocycles. The Morgan fingerprint density at radius 3 is 2.07 bits per heavy atom. The summed E-state index contributed by atoms with van der Waals surface area (Å²) < 4.78 is 5.18. The zero-order valence-electron chi connectivity index (χ0n) is 9.11. The first-order valence-corrected chi connectivity index (χ1v) is 4.47. The molecule has 0 heterocycles. The molecule has 84 valence electrons. The second-order valence-electron chi connectivity index (χ2n) is 4.12. The van der Waals surface area contributed by atoms with Crippen LogP contribution in [0.5, 0.6) is 0 Å². The van der Waals surface area contributed by atoms with E-state index in [0.29, 0.717) is 11.3 Å². The number of ether oxygens (including phenoxy) is 1. The topological polar surface area (TPSA) is 52.3 Å². The van der Waals surface area contributed by atoms with Crippen molar-refractivity contribution in [2.75, 3.05) is 5.73 Å². The van der Waals surface area contributed by atoms with Crippen molar-refractivity contribution in [3.05, 3.63) is 29.8 Å². The molecule has 15 heavy (non-hydrogen) atoms. The van der Waals surface area contributed by atoms with E-state index in [0.717, 1.165) is 0 Å². The standard InChI is InChI=1S/C11H15NO2.ClH/c1-11(2,3)14-10(13)8-4-6-9(12)7-5-8;/h4-7H,12H2,1-3H3;1H. The molecule has 1 aromatic rings. The van der Waals surface area contributed by atoms with E-state index in [9.17, 15) is 4.79 Å². The summed E-state index contributed by atoms with van der Waals surface area (Å²) in [5, 5.41) is 0. The summed E-state index contributed by atoms with van der Waals surface area (Å²) in [5.41, 5.74) is 6.20. The van der Waals surface area contributed by atoms with Crippen LogP contribution in [0.1, 0.15) is 31.1 Å². The highest BCUT2D eigenvalue weighted by Crippen LogP contribution is 2.13. The molecule has 2 N–H and O–H groups in total. The van der Waals surface area contributed by atoms with Crippen molar-refractivity contribution in [3.63, 3.8) is 0 Å². The molecule has 0 radical (unpaired) electrons. The first-order valence-electron chi connectivity index (χ1n) is 4.47. The van der Waals surface area contributed by atoms with Crippen molar-refractivity contribution in [2.24, 2.45) is 0 Å². The second-order valence-corrected chi connectivity index (χ2v) is 4.12. The molecule has 0 bridgehead atoms. The zero-order valence-corrected chi connectivity index (χ0v) is 9.93. The maximum atomic E-state index is 11.5. The van der Waals surface area contributed by atoms with Crippen molar-refractivity contribution in [3.8, 4) is 0 Å².